The van der Waals surface area contributed by atoms with Crippen molar-refractivity contribution in [2.24, 2.45) is 0 Å². The van der Waals surface area contributed by atoms with Crippen LogP contribution in [0.1, 0.15) is 55.4 Å². The number of ether oxygens (including phenoxy) is 2. The number of rotatable bonds is 4. The zero-order valence-corrected chi connectivity index (χ0v) is 16.5. The third kappa shape index (κ3) is 6.89. The van der Waals surface area contributed by atoms with Crippen molar-refractivity contribution < 1.29 is 23.9 Å². The Kier molecular flexibility index (Phi) is 6.10. The molecule has 25 heavy (non-hydrogen) atoms. The number of carbonyl (C=O) groups excluding carboxylic acids is 3. The number of alkyl carbamates (subject to hydrolysis) is 1. The molecule has 1 saturated heterocycles. The second-order valence-electron chi connectivity index (χ2n) is 8.65. The summed E-state index contributed by atoms with van der Waals surface area (Å²) in [6.45, 7) is 14.2. The smallest absolute Gasteiger partial charge is 0.408 e. The minimum absolute atomic E-state index is 0.00695. The van der Waals surface area contributed by atoms with Gasteiger partial charge in [0.1, 0.15) is 17.2 Å². The van der Waals surface area contributed by atoms with Crippen LogP contribution in [0.3, 0.4) is 0 Å². The lowest BCUT2D eigenvalue weighted by Crippen LogP contribution is -2.56. The van der Waals surface area contributed by atoms with Crippen molar-refractivity contribution in [3.05, 3.63) is 0 Å². The standard InChI is InChI=1S/C17H31N3O5/c1-15(2,3)24-13(22)11(19-14(23)25-16(4,5)6)10-20-12(21)9-18-17(20,7)8/h11,18H,9-10H2,1-8H3,(H,19,23)/t11-/m1/s1. The van der Waals surface area contributed by atoms with E-state index in [4.69, 9.17) is 9.47 Å². The van der Waals surface area contributed by atoms with Gasteiger partial charge in [0.05, 0.1) is 18.8 Å². The van der Waals surface area contributed by atoms with Crippen LogP contribution in [-0.2, 0) is 19.1 Å². The highest BCUT2D eigenvalue weighted by Crippen LogP contribution is 2.18. The van der Waals surface area contributed by atoms with Gasteiger partial charge in [0.2, 0.25) is 5.91 Å². The minimum atomic E-state index is -1.03. The molecule has 2 N–H and O–H groups in total. The Morgan fingerprint density at radius 1 is 1.16 bits per heavy atom. The Morgan fingerprint density at radius 2 is 1.68 bits per heavy atom. The van der Waals surface area contributed by atoms with E-state index in [2.05, 4.69) is 10.6 Å². The summed E-state index contributed by atoms with van der Waals surface area (Å²) in [5, 5.41) is 5.58. The van der Waals surface area contributed by atoms with E-state index in [1.165, 1.54) is 4.90 Å². The molecule has 144 valence electrons. The average Bonchev–Trinajstić information content (AvgIpc) is 2.60. The summed E-state index contributed by atoms with van der Waals surface area (Å²) in [6, 6.07) is -1.03. The first kappa shape index (κ1) is 21.2. The third-order valence-electron chi connectivity index (χ3n) is 3.40. The molecule has 0 aromatic rings. The zero-order valence-electron chi connectivity index (χ0n) is 16.5. The van der Waals surface area contributed by atoms with Crippen LogP contribution in [-0.4, -0.2) is 58.9 Å². The highest BCUT2D eigenvalue weighted by molar-refractivity contribution is 5.85. The molecule has 2 amide bonds. The fraction of sp³-hybridized carbons (Fsp3) is 0.824. The maximum atomic E-state index is 12.5. The minimum Gasteiger partial charge on any atom is -0.458 e. The first-order valence-corrected chi connectivity index (χ1v) is 8.39. The van der Waals surface area contributed by atoms with Gasteiger partial charge in [-0.2, -0.15) is 0 Å². The van der Waals surface area contributed by atoms with Crippen LogP contribution in [0.4, 0.5) is 4.79 Å². The number of esters is 1. The molecule has 8 heteroatoms. The van der Waals surface area contributed by atoms with Crippen molar-refractivity contribution in [2.45, 2.75) is 78.3 Å². The van der Waals surface area contributed by atoms with Gasteiger partial charge in [0, 0.05) is 0 Å². The van der Waals surface area contributed by atoms with Crippen LogP contribution in [0.25, 0.3) is 0 Å². The van der Waals surface area contributed by atoms with Crippen molar-refractivity contribution in [2.75, 3.05) is 13.1 Å². The van der Waals surface area contributed by atoms with Crippen molar-refractivity contribution in [1.82, 2.24) is 15.5 Å². The molecule has 1 heterocycles. The molecule has 0 bridgehead atoms. The molecule has 0 radical (unpaired) electrons. The fourth-order valence-corrected chi connectivity index (χ4v) is 2.31. The lowest BCUT2D eigenvalue weighted by Gasteiger charge is -2.34. The lowest BCUT2D eigenvalue weighted by molar-refractivity contribution is -0.158. The lowest BCUT2D eigenvalue weighted by atomic mass is 10.1. The predicted molar refractivity (Wildman–Crippen MR) is 92.8 cm³/mol. The molecule has 0 saturated carbocycles. The van der Waals surface area contributed by atoms with Crippen LogP contribution in [0, 0.1) is 0 Å². The van der Waals surface area contributed by atoms with Gasteiger partial charge in [0.15, 0.2) is 0 Å². The quantitative estimate of drug-likeness (QED) is 0.738. The van der Waals surface area contributed by atoms with E-state index in [9.17, 15) is 14.4 Å². The summed E-state index contributed by atoms with van der Waals surface area (Å²) in [4.78, 5) is 38.2. The molecular formula is C17H31N3O5. The molecule has 1 atom stereocenters. The Hall–Kier alpha value is -1.83. The van der Waals surface area contributed by atoms with E-state index < -0.39 is 35.0 Å². The number of hydrogen-bond donors (Lipinski definition) is 2. The van der Waals surface area contributed by atoms with Crippen LogP contribution >= 0.6 is 0 Å². The predicted octanol–water partition coefficient (Wildman–Crippen LogP) is 1.39. The molecule has 0 aromatic carbocycles. The number of hydrogen-bond acceptors (Lipinski definition) is 6. The molecule has 1 aliphatic rings. The van der Waals surface area contributed by atoms with Crippen LogP contribution in [0.15, 0.2) is 0 Å². The van der Waals surface area contributed by atoms with Gasteiger partial charge in [0.25, 0.3) is 0 Å². The zero-order chi connectivity index (χ0) is 19.6. The molecule has 0 aliphatic carbocycles. The van der Waals surface area contributed by atoms with E-state index in [1.54, 1.807) is 41.5 Å². The summed E-state index contributed by atoms with van der Waals surface area (Å²) in [5.74, 6) is -0.765. The first-order chi connectivity index (χ1) is 11.1. The number of nitrogens with one attached hydrogen (secondary N) is 2. The average molecular weight is 357 g/mol. The third-order valence-corrected chi connectivity index (χ3v) is 3.40. The van der Waals surface area contributed by atoms with Crippen LogP contribution in [0.5, 0.6) is 0 Å². The highest BCUT2D eigenvalue weighted by Gasteiger charge is 2.41. The summed E-state index contributed by atoms with van der Waals surface area (Å²) in [6.07, 6.45) is -0.735. The van der Waals surface area contributed by atoms with Crippen LogP contribution in [0.2, 0.25) is 0 Å². The molecule has 0 unspecified atom stereocenters. The van der Waals surface area contributed by atoms with Crippen LogP contribution < -0.4 is 10.6 Å². The summed E-state index contributed by atoms with van der Waals surface area (Å²) in [7, 11) is 0. The maximum Gasteiger partial charge on any atom is 0.408 e. The van der Waals surface area contributed by atoms with Gasteiger partial charge >= 0.3 is 12.1 Å². The maximum absolute atomic E-state index is 12.5. The van der Waals surface area contributed by atoms with E-state index in [0.29, 0.717) is 0 Å². The summed E-state index contributed by atoms with van der Waals surface area (Å²) >= 11 is 0. The van der Waals surface area contributed by atoms with Crippen molar-refractivity contribution in [3.8, 4) is 0 Å². The Labute approximate surface area is 149 Å². The molecule has 8 nitrogen and oxygen atoms in total. The molecular weight excluding hydrogens is 326 g/mol. The molecule has 0 spiro atoms. The van der Waals surface area contributed by atoms with Gasteiger partial charge in [-0.3, -0.25) is 10.1 Å². The normalized spacial score (nSPS) is 18.7. The van der Waals surface area contributed by atoms with Gasteiger partial charge in [-0.1, -0.05) is 0 Å². The number of nitrogens with zero attached hydrogens (tertiary/aromatic N) is 1. The topological polar surface area (TPSA) is 97.0 Å². The van der Waals surface area contributed by atoms with E-state index in [0.717, 1.165) is 0 Å². The number of amides is 2. The largest absolute Gasteiger partial charge is 0.458 e. The highest BCUT2D eigenvalue weighted by atomic mass is 16.6. The molecule has 1 fully saturated rings. The first-order valence-electron chi connectivity index (χ1n) is 8.39. The molecule has 1 aliphatic heterocycles. The van der Waals surface area contributed by atoms with Crippen molar-refractivity contribution in [3.63, 3.8) is 0 Å². The van der Waals surface area contributed by atoms with Gasteiger partial charge in [-0.15, -0.1) is 0 Å². The van der Waals surface area contributed by atoms with Gasteiger partial charge in [-0.05, 0) is 55.4 Å². The van der Waals surface area contributed by atoms with E-state index in [1.807, 2.05) is 13.8 Å². The summed E-state index contributed by atoms with van der Waals surface area (Å²) in [5.41, 5.74) is -2.03. The second kappa shape index (κ2) is 7.19. The molecule has 0 aromatic heterocycles. The SMILES string of the molecule is CC(C)(C)OC(=O)N[C@H](CN1C(=O)CNC1(C)C)C(=O)OC(C)(C)C. The van der Waals surface area contributed by atoms with Gasteiger partial charge in [-0.25, -0.2) is 9.59 Å². The Morgan fingerprint density at radius 3 is 2.08 bits per heavy atom. The monoisotopic (exact) mass is 357 g/mol. The summed E-state index contributed by atoms with van der Waals surface area (Å²) < 4.78 is 10.6. The Balaban J connectivity index is 2.93. The number of carbonyl (C=O) groups is 3. The van der Waals surface area contributed by atoms with E-state index >= 15 is 0 Å². The fourth-order valence-electron chi connectivity index (χ4n) is 2.31. The van der Waals surface area contributed by atoms with E-state index in [-0.39, 0.29) is 19.0 Å². The van der Waals surface area contributed by atoms with Gasteiger partial charge < -0.3 is 19.7 Å². The van der Waals surface area contributed by atoms with Crippen molar-refractivity contribution in [1.29, 1.82) is 0 Å². The molecule has 1 rings (SSSR count). The Bertz CT molecular complexity index is 531. The second-order valence-corrected chi connectivity index (χ2v) is 8.65. The van der Waals surface area contributed by atoms with Crippen molar-refractivity contribution >= 4 is 18.0 Å².